The fraction of sp³-hybridized carbons (Fsp3) is 0. The number of furan rings is 1. The van der Waals surface area contributed by atoms with Crippen LogP contribution in [0.3, 0.4) is 0 Å². The third kappa shape index (κ3) is 4.70. The van der Waals surface area contributed by atoms with Crippen molar-refractivity contribution in [2.45, 2.75) is 0 Å². The molecule has 3 heterocycles. The number of para-hydroxylation sites is 2. The summed E-state index contributed by atoms with van der Waals surface area (Å²) in [6.07, 6.45) is 0. The molecule has 262 valence electrons. The topological polar surface area (TPSA) is 25.6 Å². The molecule has 2 aromatic heterocycles. The van der Waals surface area contributed by atoms with Crippen molar-refractivity contribution in [3.05, 3.63) is 188 Å². The van der Waals surface area contributed by atoms with Gasteiger partial charge in [-0.05, 0) is 87.8 Å². The van der Waals surface area contributed by atoms with Crippen LogP contribution in [0.25, 0.3) is 86.3 Å². The van der Waals surface area contributed by atoms with Gasteiger partial charge in [0.1, 0.15) is 17.1 Å². The van der Waals surface area contributed by atoms with Crippen molar-refractivity contribution in [3.8, 4) is 44.9 Å². The number of ether oxygens (including phenoxy) is 1. The molecule has 0 fully saturated rings. The van der Waals surface area contributed by atoms with E-state index >= 15 is 0 Å². The summed E-state index contributed by atoms with van der Waals surface area (Å²) >= 11 is 1.84. The molecule has 0 unspecified atom stereocenters. The van der Waals surface area contributed by atoms with Crippen LogP contribution in [-0.4, -0.2) is 0 Å². The maximum absolute atomic E-state index is 6.69. The summed E-state index contributed by atoms with van der Waals surface area (Å²) < 4.78 is 15.9. The smallest absolute Gasteiger partial charge is 0.159 e. The fourth-order valence-corrected chi connectivity index (χ4v) is 9.91. The molecule has 3 nitrogen and oxygen atoms in total. The summed E-state index contributed by atoms with van der Waals surface area (Å²) in [5.41, 5.74) is 11.9. The molecular weight excluding hydrogens is 703 g/mol. The molecule has 0 atom stereocenters. The van der Waals surface area contributed by atoms with Gasteiger partial charge < -0.3 is 14.1 Å². The second-order valence-electron chi connectivity index (χ2n) is 14.4. The molecule has 11 aromatic rings. The first kappa shape index (κ1) is 31.2. The highest BCUT2D eigenvalue weighted by Crippen LogP contribution is 2.51. The average Bonchev–Trinajstić information content (AvgIpc) is 3.84. The molecule has 0 bridgehead atoms. The van der Waals surface area contributed by atoms with Gasteiger partial charge in [0.25, 0.3) is 0 Å². The summed E-state index contributed by atoms with van der Waals surface area (Å²) in [7, 11) is 0. The van der Waals surface area contributed by atoms with Crippen LogP contribution in [0.4, 0.5) is 17.1 Å². The second-order valence-corrected chi connectivity index (χ2v) is 15.5. The van der Waals surface area contributed by atoms with Gasteiger partial charge in [0, 0.05) is 42.9 Å². The van der Waals surface area contributed by atoms with Crippen molar-refractivity contribution in [2.24, 2.45) is 0 Å². The van der Waals surface area contributed by atoms with Crippen LogP contribution in [-0.2, 0) is 0 Å². The first-order valence-corrected chi connectivity index (χ1v) is 19.7. The van der Waals surface area contributed by atoms with Crippen molar-refractivity contribution in [1.29, 1.82) is 0 Å². The Labute approximate surface area is 326 Å². The first-order valence-electron chi connectivity index (χ1n) is 18.9. The predicted octanol–water partition coefficient (Wildman–Crippen LogP) is 15.7. The minimum absolute atomic E-state index is 0.869. The minimum Gasteiger partial charge on any atom is -0.456 e. The van der Waals surface area contributed by atoms with Gasteiger partial charge in [0.2, 0.25) is 0 Å². The van der Waals surface area contributed by atoms with Crippen molar-refractivity contribution in [2.75, 3.05) is 4.90 Å². The summed E-state index contributed by atoms with van der Waals surface area (Å²) in [6.45, 7) is 0. The fourth-order valence-electron chi connectivity index (χ4n) is 8.71. The molecule has 0 radical (unpaired) electrons. The summed E-state index contributed by atoms with van der Waals surface area (Å²) in [5, 5.41) is 7.11. The van der Waals surface area contributed by atoms with Crippen LogP contribution >= 0.6 is 11.3 Å². The third-order valence-electron chi connectivity index (χ3n) is 11.3. The van der Waals surface area contributed by atoms with E-state index in [9.17, 15) is 0 Å². The molecular formula is C52H31NO2S. The first-order chi connectivity index (χ1) is 27.8. The quantitative estimate of drug-likeness (QED) is 0.176. The average molecular weight is 734 g/mol. The lowest BCUT2D eigenvalue weighted by atomic mass is 9.89. The molecule has 12 rings (SSSR count). The number of hydrogen-bond acceptors (Lipinski definition) is 4. The van der Waals surface area contributed by atoms with E-state index in [0.29, 0.717) is 0 Å². The van der Waals surface area contributed by atoms with Crippen LogP contribution in [0.5, 0.6) is 11.5 Å². The molecule has 0 aliphatic carbocycles. The Morgan fingerprint density at radius 3 is 2.00 bits per heavy atom. The van der Waals surface area contributed by atoms with E-state index in [2.05, 4.69) is 181 Å². The van der Waals surface area contributed by atoms with Crippen molar-refractivity contribution >= 4 is 81.3 Å². The number of hydrogen-bond donors (Lipinski definition) is 0. The number of rotatable bonds is 5. The molecule has 0 amide bonds. The van der Waals surface area contributed by atoms with Crippen molar-refractivity contribution < 1.29 is 9.15 Å². The zero-order chi connectivity index (χ0) is 36.7. The Hall–Kier alpha value is -7.14. The number of benzene rings is 9. The van der Waals surface area contributed by atoms with E-state index in [-0.39, 0.29) is 0 Å². The maximum atomic E-state index is 6.69. The van der Waals surface area contributed by atoms with Crippen molar-refractivity contribution in [1.82, 2.24) is 0 Å². The van der Waals surface area contributed by atoms with Gasteiger partial charge >= 0.3 is 0 Å². The normalized spacial score (nSPS) is 12.1. The van der Waals surface area contributed by atoms with Crippen LogP contribution < -0.4 is 9.64 Å². The highest BCUT2D eigenvalue weighted by Gasteiger charge is 2.24. The predicted molar refractivity (Wildman–Crippen MR) is 235 cm³/mol. The third-order valence-corrected chi connectivity index (χ3v) is 12.5. The Kier molecular flexibility index (Phi) is 6.80. The highest BCUT2D eigenvalue weighted by atomic mass is 32.1. The Morgan fingerprint density at radius 2 is 1.11 bits per heavy atom. The van der Waals surface area contributed by atoms with Gasteiger partial charge in [-0.1, -0.05) is 133 Å². The molecule has 0 saturated carbocycles. The van der Waals surface area contributed by atoms with Crippen LogP contribution in [0.2, 0.25) is 0 Å². The van der Waals surface area contributed by atoms with E-state index < -0.39 is 0 Å². The zero-order valence-electron chi connectivity index (χ0n) is 30.1. The number of anilines is 3. The van der Waals surface area contributed by atoms with Crippen LogP contribution in [0, 0.1) is 0 Å². The Morgan fingerprint density at radius 1 is 0.411 bits per heavy atom. The molecule has 0 saturated heterocycles. The maximum Gasteiger partial charge on any atom is 0.159 e. The van der Waals surface area contributed by atoms with Crippen LogP contribution in [0.1, 0.15) is 0 Å². The number of fused-ring (bicyclic) bond motifs is 8. The Bertz CT molecular complexity index is 3230. The monoisotopic (exact) mass is 733 g/mol. The molecule has 4 heteroatoms. The van der Waals surface area contributed by atoms with E-state index in [1.807, 2.05) is 23.5 Å². The standard InChI is InChI=1S/C52H31NO2S/c1-2-11-33(12-3-1)36-29-30-47-50-40(36)15-8-16-41(50)38-28-25-34(31-48(38)54-47)32-23-26-35(27-24-32)53(44-19-9-17-42-37-13-4-6-21-46(37)55-51(42)44)45-20-10-18-43-39-14-5-7-22-49(39)56-52(43)45/h1-31H. The van der Waals surface area contributed by atoms with E-state index in [4.69, 9.17) is 9.15 Å². The lowest BCUT2D eigenvalue weighted by molar-refractivity contribution is 0.487. The summed E-state index contributed by atoms with van der Waals surface area (Å²) in [4.78, 5) is 2.36. The largest absolute Gasteiger partial charge is 0.456 e. The lowest BCUT2D eigenvalue weighted by Crippen LogP contribution is -2.10. The molecule has 0 spiro atoms. The van der Waals surface area contributed by atoms with Gasteiger partial charge in [0.15, 0.2) is 5.58 Å². The van der Waals surface area contributed by atoms with Gasteiger partial charge in [-0.25, -0.2) is 0 Å². The van der Waals surface area contributed by atoms with Crippen molar-refractivity contribution in [3.63, 3.8) is 0 Å². The molecule has 9 aromatic carbocycles. The van der Waals surface area contributed by atoms with Gasteiger partial charge in [-0.15, -0.1) is 11.3 Å². The summed E-state index contributed by atoms with van der Waals surface area (Å²) in [5.74, 6) is 1.76. The lowest BCUT2D eigenvalue weighted by Gasteiger charge is -2.26. The number of nitrogens with zero attached hydrogens (tertiary/aromatic N) is 1. The second kappa shape index (κ2) is 12.2. The molecule has 1 aliphatic rings. The van der Waals surface area contributed by atoms with Crippen LogP contribution in [0.15, 0.2) is 192 Å². The Balaban J connectivity index is 0.980. The minimum atomic E-state index is 0.869. The highest BCUT2D eigenvalue weighted by molar-refractivity contribution is 7.26. The summed E-state index contributed by atoms with van der Waals surface area (Å²) in [6, 6.07) is 67.0. The molecule has 1 aliphatic heterocycles. The van der Waals surface area contributed by atoms with Gasteiger partial charge in [-0.2, -0.15) is 0 Å². The van der Waals surface area contributed by atoms with E-state index in [1.54, 1.807) is 0 Å². The van der Waals surface area contributed by atoms with Gasteiger partial charge in [0.05, 0.1) is 16.1 Å². The van der Waals surface area contributed by atoms with Gasteiger partial charge in [-0.3, -0.25) is 0 Å². The SMILES string of the molecule is c1ccc(-c2ccc3c4c(cccc24)-c2ccc(-c4ccc(N(c5cccc6c5oc5ccccc56)c5cccc6c5sc5ccccc56)cc4)cc2O3)cc1. The molecule has 56 heavy (non-hydrogen) atoms. The zero-order valence-corrected chi connectivity index (χ0v) is 30.9. The van der Waals surface area contributed by atoms with E-state index in [1.165, 1.54) is 42.2 Å². The number of thiophene rings is 1. The molecule has 0 N–H and O–H groups in total. The van der Waals surface area contributed by atoms with E-state index in [0.717, 1.165) is 72.6 Å².